The zero-order valence-electron chi connectivity index (χ0n) is 7.87. The van der Waals surface area contributed by atoms with Gasteiger partial charge in [0, 0.05) is 5.69 Å². The van der Waals surface area contributed by atoms with Crippen LogP contribution in [0.15, 0.2) is 16.9 Å². The smallest absolute Gasteiger partial charge is 0.282 e. The van der Waals surface area contributed by atoms with E-state index in [1.165, 1.54) is 4.40 Å². The van der Waals surface area contributed by atoms with Crippen molar-refractivity contribution in [3.63, 3.8) is 0 Å². The minimum Gasteiger partial charge on any atom is -0.282 e. The number of nitrogens with one attached hydrogen (secondary N) is 1. The second-order valence-electron chi connectivity index (χ2n) is 3.21. The van der Waals surface area contributed by atoms with Crippen LogP contribution in [-0.2, 0) is 0 Å². The molecule has 72 valence electrons. The number of pyridine rings is 1. The Kier molecular flexibility index (Phi) is 1.96. The number of H-pyrrole nitrogens is 1. The van der Waals surface area contributed by atoms with Gasteiger partial charge in [-0.05, 0) is 43.8 Å². The van der Waals surface area contributed by atoms with Gasteiger partial charge < -0.3 is 0 Å². The van der Waals surface area contributed by atoms with E-state index in [2.05, 4.69) is 9.97 Å². The van der Waals surface area contributed by atoms with E-state index in [1.54, 1.807) is 0 Å². The molecule has 0 amide bonds. The van der Waals surface area contributed by atoms with Crippen LogP contribution in [0, 0.1) is 18.6 Å². The molecule has 5 heteroatoms. The molecule has 0 aliphatic heterocycles. The van der Waals surface area contributed by atoms with Gasteiger partial charge in [-0.15, -0.1) is 0 Å². The summed E-state index contributed by atoms with van der Waals surface area (Å²) >= 11 is 4.83. The first-order valence-corrected chi connectivity index (χ1v) is 4.59. The van der Waals surface area contributed by atoms with Crippen molar-refractivity contribution in [2.45, 2.75) is 13.8 Å². The number of hydrogen-bond donors (Lipinski definition) is 1. The first-order valence-electron chi connectivity index (χ1n) is 4.18. The number of aryl methyl sites for hydroxylation is 2. The standard InChI is InChI=1S/C9H9N3OS/c1-5-3-6(2)12-7(4-5)10-8(14)11-9(12)13/h3-4H,1-2H3,(H,11,13,14). The second-order valence-corrected chi connectivity index (χ2v) is 3.60. The Morgan fingerprint density at radius 1 is 1.43 bits per heavy atom. The summed E-state index contributed by atoms with van der Waals surface area (Å²) in [6.07, 6.45) is 0. The minimum absolute atomic E-state index is 0.222. The number of nitrogens with zero attached hydrogens (tertiary/aromatic N) is 2. The fourth-order valence-electron chi connectivity index (χ4n) is 1.51. The van der Waals surface area contributed by atoms with Gasteiger partial charge in [0.1, 0.15) is 5.65 Å². The Morgan fingerprint density at radius 3 is 2.86 bits per heavy atom. The van der Waals surface area contributed by atoms with Gasteiger partial charge in [-0.25, -0.2) is 9.78 Å². The molecule has 2 aromatic heterocycles. The zero-order chi connectivity index (χ0) is 10.3. The number of aromatic amines is 1. The SMILES string of the molecule is Cc1cc(C)n2c(=O)[nH]c(=S)nc2c1. The lowest BCUT2D eigenvalue weighted by atomic mass is 10.2. The van der Waals surface area contributed by atoms with Gasteiger partial charge in [0.2, 0.25) is 4.77 Å². The van der Waals surface area contributed by atoms with Crippen LogP contribution in [0.1, 0.15) is 11.3 Å². The van der Waals surface area contributed by atoms with Gasteiger partial charge >= 0.3 is 5.69 Å². The molecule has 2 heterocycles. The summed E-state index contributed by atoms with van der Waals surface area (Å²) in [5.74, 6) is 0. The highest BCUT2D eigenvalue weighted by atomic mass is 32.1. The summed E-state index contributed by atoms with van der Waals surface area (Å²) < 4.78 is 1.73. The molecule has 0 radical (unpaired) electrons. The van der Waals surface area contributed by atoms with Gasteiger partial charge in [0.15, 0.2) is 0 Å². The molecule has 0 aromatic carbocycles. The molecule has 14 heavy (non-hydrogen) atoms. The molecule has 2 aromatic rings. The first kappa shape index (κ1) is 9.08. The molecule has 0 fully saturated rings. The average Bonchev–Trinajstić information content (AvgIpc) is 1.99. The average molecular weight is 207 g/mol. The normalized spacial score (nSPS) is 10.7. The van der Waals surface area contributed by atoms with Gasteiger partial charge in [-0.3, -0.25) is 9.38 Å². The Bertz CT molecular complexity index is 611. The zero-order valence-corrected chi connectivity index (χ0v) is 8.68. The Hall–Kier alpha value is -1.49. The van der Waals surface area contributed by atoms with Crippen molar-refractivity contribution in [2.75, 3.05) is 0 Å². The molecule has 0 saturated heterocycles. The van der Waals surface area contributed by atoms with E-state index >= 15 is 0 Å². The van der Waals surface area contributed by atoms with Crippen molar-refractivity contribution in [3.8, 4) is 0 Å². The predicted molar refractivity (Wildman–Crippen MR) is 56.1 cm³/mol. The lowest BCUT2D eigenvalue weighted by molar-refractivity contribution is 0.894. The molecule has 0 atom stereocenters. The maximum Gasteiger partial charge on any atom is 0.333 e. The minimum atomic E-state index is -0.238. The van der Waals surface area contributed by atoms with Crippen LogP contribution in [0.2, 0.25) is 0 Å². The highest BCUT2D eigenvalue weighted by Gasteiger charge is 2.01. The lowest BCUT2D eigenvalue weighted by Crippen LogP contribution is -2.20. The van der Waals surface area contributed by atoms with Crippen molar-refractivity contribution in [1.29, 1.82) is 0 Å². The van der Waals surface area contributed by atoms with Crippen LogP contribution < -0.4 is 5.69 Å². The third-order valence-electron chi connectivity index (χ3n) is 2.01. The molecule has 0 spiro atoms. The third-order valence-corrected chi connectivity index (χ3v) is 2.20. The lowest BCUT2D eigenvalue weighted by Gasteiger charge is -2.04. The van der Waals surface area contributed by atoms with Crippen LogP contribution in [-0.4, -0.2) is 14.4 Å². The first-order chi connectivity index (χ1) is 6.58. The summed E-state index contributed by atoms with van der Waals surface area (Å²) in [6.45, 7) is 3.82. The predicted octanol–water partition coefficient (Wildman–Crippen LogP) is 1.37. The fraction of sp³-hybridized carbons (Fsp3) is 0.222. The number of hydrogen-bond acceptors (Lipinski definition) is 3. The summed E-state index contributed by atoms with van der Waals surface area (Å²) in [6, 6.07) is 3.75. The van der Waals surface area contributed by atoms with Crippen LogP contribution >= 0.6 is 12.2 Å². The summed E-state index contributed by atoms with van der Waals surface area (Å²) in [5.41, 5.74) is 2.27. The van der Waals surface area contributed by atoms with Crippen molar-refractivity contribution < 1.29 is 0 Å². The number of rotatable bonds is 0. The topological polar surface area (TPSA) is 50.2 Å². The maximum atomic E-state index is 11.5. The molecule has 0 aliphatic carbocycles. The largest absolute Gasteiger partial charge is 0.333 e. The fourth-order valence-corrected chi connectivity index (χ4v) is 1.69. The van der Waals surface area contributed by atoms with E-state index < -0.39 is 0 Å². The summed E-state index contributed by atoms with van der Waals surface area (Å²) in [5, 5.41) is 0. The van der Waals surface area contributed by atoms with Gasteiger partial charge in [0.25, 0.3) is 0 Å². The van der Waals surface area contributed by atoms with Crippen LogP contribution in [0.25, 0.3) is 5.65 Å². The number of fused-ring (bicyclic) bond motifs is 1. The Labute approximate surface area is 85.2 Å². The van der Waals surface area contributed by atoms with Crippen LogP contribution in [0.3, 0.4) is 0 Å². The van der Waals surface area contributed by atoms with Gasteiger partial charge in [-0.2, -0.15) is 0 Å². The van der Waals surface area contributed by atoms with Crippen LogP contribution in [0.4, 0.5) is 0 Å². The second kappa shape index (κ2) is 3.02. The highest BCUT2D eigenvalue weighted by Crippen LogP contribution is 2.05. The van der Waals surface area contributed by atoms with E-state index in [9.17, 15) is 4.79 Å². The quantitative estimate of drug-likeness (QED) is 0.664. The molecular formula is C9H9N3OS. The molecule has 0 aliphatic rings. The van der Waals surface area contributed by atoms with Gasteiger partial charge in [-0.1, -0.05) is 0 Å². The maximum absolute atomic E-state index is 11.5. The van der Waals surface area contributed by atoms with Crippen molar-refractivity contribution >= 4 is 17.9 Å². The van der Waals surface area contributed by atoms with E-state index in [0.29, 0.717) is 5.65 Å². The van der Waals surface area contributed by atoms with E-state index in [4.69, 9.17) is 12.2 Å². The highest BCUT2D eigenvalue weighted by molar-refractivity contribution is 7.71. The molecule has 0 saturated carbocycles. The summed E-state index contributed by atoms with van der Waals surface area (Å²) in [7, 11) is 0. The third kappa shape index (κ3) is 1.35. The number of aromatic nitrogens is 3. The molecule has 2 rings (SSSR count). The molecule has 1 N–H and O–H groups in total. The van der Waals surface area contributed by atoms with E-state index in [1.807, 2.05) is 26.0 Å². The Balaban J connectivity index is 3.10. The van der Waals surface area contributed by atoms with E-state index in [-0.39, 0.29) is 10.5 Å². The molecule has 4 nitrogen and oxygen atoms in total. The Morgan fingerprint density at radius 2 is 2.14 bits per heavy atom. The van der Waals surface area contributed by atoms with Crippen molar-refractivity contribution in [3.05, 3.63) is 38.6 Å². The van der Waals surface area contributed by atoms with Crippen molar-refractivity contribution in [1.82, 2.24) is 14.4 Å². The molecular weight excluding hydrogens is 198 g/mol. The summed E-state index contributed by atoms with van der Waals surface area (Å²) in [4.78, 5) is 18.1. The van der Waals surface area contributed by atoms with Crippen LogP contribution in [0.5, 0.6) is 0 Å². The van der Waals surface area contributed by atoms with E-state index in [0.717, 1.165) is 11.3 Å². The molecule has 0 unspecified atom stereocenters. The van der Waals surface area contributed by atoms with Gasteiger partial charge in [0.05, 0.1) is 0 Å². The van der Waals surface area contributed by atoms with Crippen molar-refractivity contribution in [2.24, 2.45) is 0 Å². The monoisotopic (exact) mass is 207 g/mol. The molecule has 0 bridgehead atoms.